The number of benzene rings is 2. The van der Waals surface area contributed by atoms with Crippen LogP contribution in [-0.4, -0.2) is 53.5 Å². The Labute approximate surface area is 220 Å². The van der Waals surface area contributed by atoms with E-state index in [9.17, 15) is 10.4 Å². The van der Waals surface area contributed by atoms with Crippen LogP contribution in [0.3, 0.4) is 0 Å². The van der Waals surface area contributed by atoms with Gasteiger partial charge < -0.3 is 20.1 Å². The molecule has 2 atom stereocenters. The Bertz CT molecular complexity index is 1530. The molecule has 2 N–H and O–H groups in total. The number of halogens is 1. The van der Waals surface area contributed by atoms with Crippen molar-refractivity contribution in [2.45, 2.75) is 25.5 Å². The number of hydrogen-bond donors (Lipinski definition) is 2. The number of aromatic hydroxyl groups is 1. The first-order valence-corrected chi connectivity index (χ1v) is 12.8. The van der Waals surface area contributed by atoms with Crippen molar-refractivity contribution < 1.29 is 9.84 Å². The number of ether oxygens (including phenoxy) is 1. The van der Waals surface area contributed by atoms with Crippen molar-refractivity contribution in [2.75, 3.05) is 31.1 Å². The fourth-order valence-electron chi connectivity index (χ4n) is 5.50. The summed E-state index contributed by atoms with van der Waals surface area (Å²) in [6.45, 7) is 5.20. The van der Waals surface area contributed by atoms with Gasteiger partial charge in [0.1, 0.15) is 11.8 Å². The molecule has 4 aromatic rings. The maximum atomic E-state index is 10.7. The molecule has 2 aliphatic rings. The molecule has 2 aromatic carbocycles. The summed E-state index contributed by atoms with van der Waals surface area (Å²) in [4.78, 5) is 11.7. The Morgan fingerprint density at radius 1 is 1.14 bits per heavy atom. The third kappa shape index (κ3) is 4.38. The van der Waals surface area contributed by atoms with E-state index in [1.54, 1.807) is 24.4 Å². The van der Waals surface area contributed by atoms with Crippen LogP contribution in [0, 0.1) is 18.3 Å². The van der Waals surface area contributed by atoms with E-state index in [0.29, 0.717) is 28.9 Å². The molecule has 2 fully saturated rings. The molecule has 0 amide bonds. The third-order valence-corrected chi connectivity index (χ3v) is 7.45. The van der Waals surface area contributed by atoms with Crippen LogP contribution in [0.4, 0.5) is 5.69 Å². The summed E-state index contributed by atoms with van der Waals surface area (Å²) in [7, 11) is 0. The van der Waals surface area contributed by atoms with Gasteiger partial charge >= 0.3 is 0 Å². The first-order valence-electron chi connectivity index (χ1n) is 12.4. The van der Waals surface area contributed by atoms with Crippen molar-refractivity contribution in [3.8, 4) is 34.1 Å². The van der Waals surface area contributed by atoms with Crippen LogP contribution in [0.2, 0.25) is 5.02 Å². The summed E-state index contributed by atoms with van der Waals surface area (Å²) in [5, 5.41) is 25.3. The maximum Gasteiger partial charge on any atom is 0.161 e. The van der Waals surface area contributed by atoms with Crippen molar-refractivity contribution in [1.29, 1.82) is 5.26 Å². The number of pyridine rings is 2. The van der Waals surface area contributed by atoms with E-state index in [-0.39, 0.29) is 17.4 Å². The standard InChI is InChI=1S/C29H26ClN5O2/c1-17-9-19(11-21(30)10-17)24-15-34-29-23(27(24)35-7-5-25-26(16-35)37-8-6-32-25)12-20(14-33-29)22-4-2-3-18(13-31)28(22)36/h2-4,9-12,14-15,25-26,32,36H,5-8,16H2,1H3/t25-,26-/m0/s1. The van der Waals surface area contributed by atoms with Gasteiger partial charge in [0.25, 0.3) is 0 Å². The van der Waals surface area contributed by atoms with Gasteiger partial charge in [-0.2, -0.15) is 5.26 Å². The SMILES string of the molecule is Cc1cc(Cl)cc(-c2cnc3ncc(-c4cccc(C#N)c4O)cc3c2N2CC[C@@H]3NCCO[C@H]3C2)c1. The predicted molar refractivity (Wildman–Crippen MR) is 145 cm³/mol. The van der Waals surface area contributed by atoms with Crippen LogP contribution in [-0.2, 0) is 4.74 Å². The second kappa shape index (κ2) is 9.64. The number of morpholine rings is 1. The minimum absolute atomic E-state index is 0.0511. The molecule has 0 spiro atoms. The lowest BCUT2D eigenvalue weighted by atomic mass is 9.95. The maximum absolute atomic E-state index is 10.7. The number of nitrogens with one attached hydrogen (secondary N) is 1. The topological polar surface area (TPSA) is 94.3 Å². The summed E-state index contributed by atoms with van der Waals surface area (Å²) in [6, 6.07) is 15.6. The van der Waals surface area contributed by atoms with Crippen LogP contribution < -0.4 is 10.2 Å². The number of nitrogens with zero attached hydrogens (tertiary/aromatic N) is 4. The number of rotatable bonds is 3. The normalized spacial score (nSPS) is 19.4. The van der Waals surface area contributed by atoms with Crippen molar-refractivity contribution in [3.05, 3.63) is 71.0 Å². The molecule has 0 saturated carbocycles. The summed E-state index contributed by atoms with van der Waals surface area (Å²) in [6.07, 6.45) is 4.61. The smallest absolute Gasteiger partial charge is 0.161 e. The van der Waals surface area contributed by atoms with Gasteiger partial charge in [0.05, 0.1) is 24.0 Å². The number of hydrogen-bond acceptors (Lipinski definition) is 7. The van der Waals surface area contributed by atoms with E-state index in [2.05, 4.69) is 21.3 Å². The van der Waals surface area contributed by atoms with E-state index < -0.39 is 0 Å². The minimum Gasteiger partial charge on any atom is -0.506 e. The van der Waals surface area contributed by atoms with Crippen molar-refractivity contribution >= 4 is 28.3 Å². The van der Waals surface area contributed by atoms with E-state index in [1.807, 2.05) is 37.4 Å². The molecule has 2 saturated heterocycles. The van der Waals surface area contributed by atoms with Crippen LogP contribution in [0.15, 0.2) is 54.9 Å². The van der Waals surface area contributed by atoms with Crippen LogP contribution in [0.25, 0.3) is 33.3 Å². The van der Waals surface area contributed by atoms with E-state index >= 15 is 0 Å². The highest BCUT2D eigenvalue weighted by Crippen LogP contribution is 2.41. The number of piperidine rings is 1. The zero-order valence-corrected chi connectivity index (χ0v) is 21.2. The van der Waals surface area contributed by atoms with Gasteiger partial charge in [0.2, 0.25) is 0 Å². The molecule has 186 valence electrons. The van der Waals surface area contributed by atoms with Gasteiger partial charge in [0, 0.05) is 65.2 Å². The van der Waals surface area contributed by atoms with Crippen molar-refractivity contribution in [3.63, 3.8) is 0 Å². The van der Waals surface area contributed by atoms with Gasteiger partial charge in [-0.3, -0.25) is 0 Å². The second-order valence-corrected chi connectivity index (χ2v) is 10.1. The Morgan fingerprint density at radius 2 is 2.00 bits per heavy atom. The lowest BCUT2D eigenvalue weighted by Crippen LogP contribution is -2.57. The molecule has 2 aliphatic heterocycles. The third-order valence-electron chi connectivity index (χ3n) is 7.23. The highest BCUT2D eigenvalue weighted by molar-refractivity contribution is 6.31. The average Bonchev–Trinajstić information content (AvgIpc) is 2.91. The van der Waals surface area contributed by atoms with Crippen LogP contribution in [0.5, 0.6) is 5.75 Å². The zero-order chi connectivity index (χ0) is 25.5. The number of phenolic OH excluding ortho intramolecular Hbond substituents is 1. The number of para-hydroxylation sites is 1. The summed E-state index contributed by atoms with van der Waals surface area (Å²) in [5.74, 6) is -0.0511. The van der Waals surface area contributed by atoms with Crippen molar-refractivity contribution in [1.82, 2.24) is 15.3 Å². The second-order valence-electron chi connectivity index (χ2n) is 9.65. The quantitative estimate of drug-likeness (QED) is 0.396. The fraction of sp³-hybridized carbons (Fsp3) is 0.276. The first kappa shape index (κ1) is 23.7. The monoisotopic (exact) mass is 511 g/mol. The Balaban J connectivity index is 1.56. The molecular weight excluding hydrogens is 486 g/mol. The van der Waals surface area contributed by atoms with E-state index in [4.69, 9.17) is 21.3 Å². The number of aromatic nitrogens is 2. The highest BCUT2D eigenvalue weighted by atomic mass is 35.5. The molecule has 0 radical (unpaired) electrons. The van der Waals surface area contributed by atoms with Gasteiger partial charge in [-0.1, -0.05) is 29.8 Å². The van der Waals surface area contributed by atoms with Gasteiger partial charge in [-0.25, -0.2) is 9.97 Å². The average molecular weight is 512 g/mol. The largest absolute Gasteiger partial charge is 0.506 e. The molecular formula is C29H26ClN5O2. The van der Waals surface area contributed by atoms with Gasteiger partial charge in [-0.05, 0) is 48.7 Å². The van der Waals surface area contributed by atoms with Gasteiger partial charge in [0.15, 0.2) is 5.65 Å². The molecule has 4 heterocycles. The minimum atomic E-state index is -0.0511. The molecule has 2 aromatic heterocycles. The Morgan fingerprint density at radius 3 is 2.84 bits per heavy atom. The summed E-state index contributed by atoms with van der Waals surface area (Å²) >= 11 is 6.47. The van der Waals surface area contributed by atoms with Crippen LogP contribution >= 0.6 is 11.6 Å². The first-order chi connectivity index (χ1) is 18.0. The van der Waals surface area contributed by atoms with E-state index in [0.717, 1.165) is 59.4 Å². The lowest BCUT2D eigenvalue weighted by molar-refractivity contribution is -0.00896. The number of phenols is 1. The molecule has 0 aliphatic carbocycles. The number of anilines is 1. The van der Waals surface area contributed by atoms with Gasteiger partial charge in [-0.15, -0.1) is 0 Å². The molecule has 0 unspecified atom stereocenters. The Kier molecular flexibility index (Phi) is 6.17. The summed E-state index contributed by atoms with van der Waals surface area (Å²) < 4.78 is 6.14. The number of nitriles is 1. The molecule has 7 nitrogen and oxygen atoms in total. The highest BCUT2D eigenvalue weighted by Gasteiger charge is 2.33. The number of aryl methyl sites for hydroxylation is 1. The molecule has 37 heavy (non-hydrogen) atoms. The molecule has 0 bridgehead atoms. The lowest BCUT2D eigenvalue weighted by Gasteiger charge is -2.43. The number of fused-ring (bicyclic) bond motifs is 2. The summed E-state index contributed by atoms with van der Waals surface area (Å²) in [5.41, 5.74) is 6.15. The zero-order valence-electron chi connectivity index (χ0n) is 20.4. The van der Waals surface area contributed by atoms with E-state index in [1.165, 1.54) is 0 Å². The Hall–Kier alpha value is -3.70. The predicted octanol–water partition coefficient (Wildman–Crippen LogP) is 5.07. The molecule has 8 heteroatoms. The van der Waals surface area contributed by atoms with Crippen molar-refractivity contribution in [2.24, 2.45) is 0 Å². The fourth-order valence-corrected chi connectivity index (χ4v) is 5.79. The molecule has 6 rings (SSSR count). The van der Waals surface area contributed by atoms with Crippen LogP contribution in [0.1, 0.15) is 17.5 Å².